The Hall–Kier alpha value is -1.51. The lowest BCUT2D eigenvalue weighted by molar-refractivity contribution is -0.156. The molecule has 0 unspecified atom stereocenters. The highest BCUT2D eigenvalue weighted by atomic mass is 16.5. The first-order valence-electron chi connectivity index (χ1n) is 11.4. The molecule has 4 aliphatic rings. The Kier molecular flexibility index (Phi) is 4.30. The molecule has 3 heteroatoms. The number of carbonyl (C=O) groups is 1. The van der Waals surface area contributed by atoms with Gasteiger partial charge in [0.2, 0.25) is 5.91 Å². The van der Waals surface area contributed by atoms with Crippen LogP contribution >= 0.6 is 0 Å². The number of piperidine rings is 1. The lowest BCUT2D eigenvalue weighted by atomic mass is 9.47. The molecule has 0 bridgehead atoms. The van der Waals surface area contributed by atoms with Crippen LogP contribution in [0.3, 0.4) is 0 Å². The third-order valence-electron chi connectivity index (χ3n) is 9.33. The number of para-hydroxylation sites is 1. The normalized spacial score (nSPS) is 45.2. The summed E-state index contributed by atoms with van der Waals surface area (Å²) in [5.41, 5.74) is 0.742. The molecule has 0 aromatic heterocycles. The molecule has 0 spiro atoms. The van der Waals surface area contributed by atoms with Crippen LogP contribution in [0.1, 0.15) is 65.2 Å². The van der Waals surface area contributed by atoms with E-state index in [-0.39, 0.29) is 0 Å². The van der Waals surface area contributed by atoms with E-state index in [4.69, 9.17) is 4.74 Å². The van der Waals surface area contributed by atoms with Crippen LogP contribution in [-0.4, -0.2) is 30.0 Å². The van der Waals surface area contributed by atoms with Gasteiger partial charge in [0.15, 0.2) is 0 Å². The number of hydrogen-bond acceptors (Lipinski definition) is 2. The molecule has 1 aromatic rings. The second-order valence-corrected chi connectivity index (χ2v) is 10.7. The van der Waals surface area contributed by atoms with Crippen molar-refractivity contribution in [2.45, 2.75) is 77.4 Å². The molecule has 152 valence electrons. The highest BCUT2D eigenvalue weighted by molar-refractivity contribution is 5.77. The molecule has 1 aliphatic heterocycles. The van der Waals surface area contributed by atoms with E-state index < -0.39 is 0 Å². The van der Waals surface area contributed by atoms with Crippen molar-refractivity contribution < 1.29 is 9.53 Å². The van der Waals surface area contributed by atoms with E-state index in [1.54, 1.807) is 0 Å². The monoisotopic (exact) mass is 381 g/mol. The second-order valence-electron chi connectivity index (χ2n) is 10.7. The van der Waals surface area contributed by atoms with Crippen molar-refractivity contribution in [2.75, 3.05) is 7.05 Å². The standard InChI is InChI=1S/C25H35NO2/c1-24-13-11-20-19(9-10-22-25(20,2)14-12-23(27)26(22)3)21(24)15-18(16-24)28-17-7-5-4-6-8-17/h4-8,18-22H,9-16H2,1-3H3/t18-,19+,20-,21-,22+,24+,25+/m0/s1. The van der Waals surface area contributed by atoms with Gasteiger partial charge in [0.1, 0.15) is 5.75 Å². The van der Waals surface area contributed by atoms with Crippen molar-refractivity contribution in [1.82, 2.24) is 4.90 Å². The fourth-order valence-electron chi connectivity index (χ4n) is 7.93. The van der Waals surface area contributed by atoms with E-state index in [2.05, 4.69) is 56.1 Å². The summed E-state index contributed by atoms with van der Waals surface area (Å²) < 4.78 is 6.42. The number of likely N-dealkylation sites (tertiary alicyclic amines) is 1. The van der Waals surface area contributed by atoms with Crippen LogP contribution in [0, 0.1) is 28.6 Å². The molecular formula is C25H35NO2. The van der Waals surface area contributed by atoms with Crippen molar-refractivity contribution in [2.24, 2.45) is 28.6 Å². The summed E-state index contributed by atoms with van der Waals surface area (Å²) in [6.45, 7) is 5.04. The van der Waals surface area contributed by atoms with Crippen LogP contribution in [0.15, 0.2) is 30.3 Å². The zero-order valence-electron chi connectivity index (χ0n) is 17.7. The summed E-state index contributed by atoms with van der Waals surface area (Å²) in [4.78, 5) is 14.4. The number of hydrogen-bond donors (Lipinski definition) is 0. The molecule has 5 rings (SSSR count). The Labute approximate surface area is 169 Å². The van der Waals surface area contributed by atoms with Gasteiger partial charge in [-0.3, -0.25) is 4.79 Å². The van der Waals surface area contributed by atoms with Crippen LogP contribution in [0.4, 0.5) is 0 Å². The maximum atomic E-state index is 12.3. The van der Waals surface area contributed by atoms with Gasteiger partial charge in [-0.25, -0.2) is 0 Å². The predicted octanol–water partition coefficient (Wildman–Crippen LogP) is 5.30. The first kappa shape index (κ1) is 18.5. The molecule has 1 aromatic carbocycles. The molecule has 7 atom stereocenters. The van der Waals surface area contributed by atoms with Crippen LogP contribution in [0.5, 0.6) is 5.75 Å². The van der Waals surface area contributed by atoms with Gasteiger partial charge in [-0.05, 0) is 85.7 Å². The molecule has 0 radical (unpaired) electrons. The van der Waals surface area contributed by atoms with Gasteiger partial charge in [-0.15, -0.1) is 0 Å². The van der Waals surface area contributed by atoms with Crippen molar-refractivity contribution in [3.63, 3.8) is 0 Å². The quantitative estimate of drug-likeness (QED) is 0.696. The lowest BCUT2D eigenvalue weighted by Crippen LogP contribution is -2.61. The van der Waals surface area contributed by atoms with Crippen molar-refractivity contribution >= 4 is 5.91 Å². The number of ether oxygens (including phenoxy) is 1. The van der Waals surface area contributed by atoms with E-state index in [1.165, 1.54) is 38.5 Å². The van der Waals surface area contributed by atoms with Gasteiger partial charge in [-0.2, -0.15) is 0 Å². The SMILES string of the molecule is CN1C(=O)CC[C@]2(C)[C@H]3CC[C@]4(C)C[C@@H](Oc5ccccc5)C[C@H]4[C@@H]3CC[C@@H]12. The third kappa shape index (κ3) is 2.72. The summed E-state index contributed by atoms with van der Waals surface area (Å²) in [7, 11) is 2.05. The lowest BCUT2D eigenvalue weighted by Gasteiger charge is -2.61. The van der Waals surface area contributed by atoms with Crippen LogP contribution in [0.25, 0.3) is 0 Å². The summed E-state index contributed by atoms with van der Waals surface area (Å²) >= 11 is 0. The highest BCUT2D eigenvalue weighted by Crippen LogP contribution is 2.64. The Morgan fingerprint density at radius 3 is 2.61 bits per heavy atom. The Morgan fingerprint density at radius 1 is 1.04 bits per heavy atom. The average Bonchev–Trinajstić information content (AvgIpc) is 3.02. The molecule has 1 heterocycles. The van der Waals surface area contributed by atoms with Gasteiger partial charge in [-0.1, -0.05) is 32.0 Å². The van der Waals surface area contributed by atoms with E-state index >= 15 is 0 Å². The summed E-state index contributed by atoms with van der Waals surface area (Å²) in [6, 6.07) is 10.8. The van der Waals surface area contributed by atoms with Gasteiger partial charge < -0.3 is 9.64 Å². The number of carbonyl (C=O) groups excluding carboxylic acids is 1. The number of rotatable bonds is 2. The van der Waals surface area contributed by atoms with Crippen LogP contribution in [-0.2, 0) is 4.79 Å². The van der Waals surface area contributed by atoms with Gasteiger partial charge in [0, 0.05) is 19.5 Å². The largest absolute Gasteiger partial charge is 0.490 e. The van der Waals surface area contributed by atoms with E-state index in [0.29, 0.717) is 28.9 Å². The van der Waals surface area contributed by atoms with Gasteiger partial charge in [0.25, 0.3) is 0 Å². The summed E-state index contributed by atoms with van der Waals surface area (Å²) in [5.74, 6) is 3.75. The molecule has 1 amide bonds. The predicted molar refractivity (Wildman–Crippen MR) is 111 cm³/mol. The number of benzene rings is 1. The van der Waals surface area contributed by atoms with E-state index in [9.17, 15) is 4.79 Å². The number of fused-ring (bicyclic) bond motifs is 5. The third-order valence-corrected chi connectivity index (χ3v) is 9.33. The topological polar surface area (TPSA) is 29.5 Å². The number of nitrogens with zero attached hydrogens (tertiary/aromatic N) is 1. The first-order valence-corrected chi connectivity index (χ1v) is 11.4. The molecule has 28 heavy (non-hydrogen) atoms. The maximum Gasteiger partial charge on any atom is 0.222 e. The Morgan fingerprint density at radius 2 is 1.82 bits per heavy atom. The fraction of sp³-hybridized carbons (Fsp3) is 0.720. The molecule has 3 nitrogen and oxygen atoms in total. The minimum atomic E-state index is 0.311. The highest BCUT2D eigenvalue weighted by Gasteiger charge is 2.60. The zero-order valence-corrected chi connectivity index (χ0v) is 17.7. The second kappa shape index (κ2) is 6.50. The molecule has 3 aliphatic carbocycles. The molecule has 4 fully saturated rings. The van der Waals surface area contributed by atoms with E-state index in [0.717, 1.165) is 36.3 Å². The molecule has 1 saturated heterocycles. The first-order chi connectivity index (χ1) is 13.4. The minimum Gasteiger partial charge on any atom is -0.490 e. The van der Waals surface area contributed by atoms with Crippen molar-refractivity contribution in [3.8, 4) is 5.75 Å². The molecule has 0 N–H and O–H groups in total. The molecule has 3 saturated carbocycles. The average molecular weight is 382 g/mol. The van der Waals surface area contributed by atoms with Gasteiger partial charge >= 0.3 is 0 Å². The number of amides is 1. The van der Waals surface area contributed by atoms with Crippen molar-refractivity contribution in [3.05, 3.63) is 30.3 Å². The molecular weight excluding hydrogens is 346 g/mol. The van der Waals surface area contributed by atoms with E-state index in [1.807, 2.05) is 0 Å². The zero-order chi connectivity index (χ0) is 19.5. The Balaban J connectivity index is 1.37. The summed E-state index contributed by atoms with van der Waals surface area (Å²) in [6.07, 6.45) is 9.76. The van der Waals surface area contributed by atoms with Crippen molar-refractivity contribution in [1.29, 1.82) is 0 Å². The van der Waals surface area contributed by atoms with Crippen LogP contribution in [0.2, 0.25) is 0 Å². The maximum absolute atomic E-state index is 12.3. The fourth-order valence-corrected chi connectivity index (χ4v) is 7.93. The summed E-state index contributed by atoms with van der Waals surface area (Å²) in [5, 5.41) is 0. The Bertz CT molecular complexity index is 748. The smallest absolute Gasteiger partial charge is 0.222 e. The van der Waals surface area contributed by atoms with Gasteiger partial charge in [0.05, 0.1) is 6.10 Å². The minimum absolute atomic E-state index is 0.311. The van der Waals surface area contributed by atoms with Crippen LogP contribution < -0.4 is 4.74 Å².